The van der Waals surface area contributed by atoms with Gasteiger partial charge in [-0.25, -0.2) is 4.98 Å². The van der Waals surface area contributed by atoms with Gasteiger partial charge < -0.3 is 19.2 Å². The van der Waals surface area contributed by atoms with Crippen molar-refractivity contribution in [2.45, 2.75) is 49.9 Å². The molecule has 31 heavy (non-hydrogen) atoms. The number of aromatic nitrogens is 3. The van der Waals surface area contributed by atoms with Gasteiger partial charge in [-0.1, -0.05) is 11.6 Å². The minimum Gasteiger partial charge on any atom is -0.481 e. The predicted molar refractivity (Wildman–Crippen MR) is 112 cm³/mol. The molecule has 0 unspecified atom stereocenters. The topological polar surface area (TPSA) is 93.6 Å². The lowest BCUT2D eigenvalue weighted by Gasteiger charge is -2.43. The minimum atomic E-state index is -1.07. The van der Waals surface area contributed by atoms with Gasteiger partial charge >= 0.3 is 0 Å². The van der Waals surface area contributed by atoms with Gasteiger partial charge in [-0.15, -0.1) is 0 Å². The zero-order valence-electron chi connectivity index (χ0n) is 17.1. The number of piperidine rings is 1. The van der Waals surface area contributed by atoms with Gasteiger partial charge in [0.25, 0.3) is 5.91 Å². The zero-order chi connectivity index (χ0) is 21.6. The summed E-state index contributed by atoms with van der Waals surface area (Å²) in [5, 5.41) is 16.2. The van der Waals surface area contributed by atoms with E-state index in [4.69, 9.17) is 20.8 Å². The normalized spacial score (nSPS) is 25.1. The SMILES string of the molecule is COc1ncccc1C1(O)C[C@H]2CC[C@H](C1)N2C(=O)c1ccc(Cn2cc(Cl)cn2)o1. The third kappa shape index (κ3) is 3.59. The molecule has 1 amide bonds. The number of methoxy groups -OCH3 is 1. The number of fused-ring (bicyclic) bond motifs is 2. The quantitative estimate of drug-likeness (QED) is 0.652. The summed E-state index contributed by atoms with van der Waals surface area (Å²) in [6.07, 6.45) is 7.48. The first-order valence-electron chi connectivity index (χ1n) is 10.3. The Balaban J connectivity index is 1.34. The van der Waals surface area contributed by atoms with Gasteiger partial charge in [-0.05, 0) is 37.1 Å². The highest BCUT2D eigenvalue weighted by Crippen LogP contribution is 2.47. The molecule has 0 aliphatic carbocycles. The van der Waals surface area contributed by atoms with Crippen molar-refractivity contribution in [2.24, 2.45) is 0 Å². The molecule has 0 saturated carbocycles. The van der Waals surface area contributed by atoms with Gasteiger partial charge in [0.1, 0.15) is 5.76 Å². The Labute approximate surface area is 184 Å². The summed E-state index contributed by atoms with van der Waals surface area (Å²) < 4.78 is 12.8. The van der Waals surface area contributed by atoms with Gasteiger partial charge in [0, 0.05) is 42.9 Å². The molecule has 0 aromatic carbocycles. The maximum Gasteiger partial charge on any atom is 0.290 e. The van der Waals surface area contributed by atoms with Gasteiger partial charge in [-0.3, -0.25) is 9.48 Å². The fourth-order valence-electron chi connectivity index (χ4n) is 4.97. The van der Waals surface area contributed by atoms with Crippen LogP contribution in [0.3, 0.4) is 0 Å². The van der Waals surface area contributed by atoms with Crippen molar-refractivity contribution >= 4 is 17.5 Å². The lowest BCUT2D eigenvalue weighted by molar-refractivity contribution is -0.0501. The molecule has 9 heteroatoms. The summed E-state index contributed by atoms with van der Waals surface area (Å²) in [5.41, 5.74) is -0.393. The predicted octanol–water partition coefficient (Wildman–Crippen LogP) is 3.24. The molecule has 2 atom stereocenters. The Morgan fingerprint density at radius 1 is 1.32 bits per heavy atom. The molecule has 2 bridgehead atoms. The van der Waals surface area contributed by atoms with Crippen LogP contribution in [0.5, 0.6) is 5.88 Å². The molecular weight excluding hydrogens is 420 g/mol. The van der Waals surface area contributed by atoms with Crippen molar-refractivity contribution in [2.75, 3.05) is 7.11 Å². The number of amides is 1. The molecule has 8 nitrogen and oxygen atoms in total. The molecule has 0 spiro atoms. The van der Waals surface area contributed by atoms with Crippen LogP contribution in [0, 0.1) is 0 Å². The number of ether oxygens (including phenoxy) is 1. The van der Waals surface area contributed by atoms with E-state index in [0.717, 1.165) is 12.8 Å². The third-order valence-corrected chi connectivity index (χ3v) is 6.45. The van der Waals surface area contributed by atoms with Crippen molar-refractivity contribution in [1.29, 1.82) is 0 Å². The monoisotopic (exact) mass is 442 g/mol. The lowest BCUT2D eigenvalue weighted by atomic mass is 9.80. The molecule has 3 aromatic heterocycles. The van der Waals surface area contributed by atoms with Crippen LogP contribution < -0.4 is 4.74 Å². The number of carbonyl (C=O) groups is 1. The zero-order valence-corrected chi connectivity index (χ0v) is 17.8. The number of carbonyl (C=O) groups excluding carboxylic acids is 1. The average molecular weight is 443 g/mol. The standard InChI is InChI=1S/C22H23ClN4O4/c1-30-20-18(3-2-8-24-20)22(29)9-15-4-5-16(10-22)27(15)21(28)19-7-6-17(31-19)13-26-12-14(23)11-25-26/h2-3,6-8,11-12,15-16,29H,4-5,9-10,13H2,1H3/t15-,16-/m1/s1. The number of rotatable bonds is 5. The highest BCUT2D eigenvalue weighted by atomic mass is 35.5. The summed E-state index contributed by atoms with van der Waals surface area (Å²) in [6.45, 7) is 0.396. The van der Waals surface area contributed by atoms with Crippen LogP contribution >= 0.6 is 11.6 Å². The molecule has 2 aliphatic heterocycles. The summed E-state index contributed by atoms with van der Waals surface area (Å²) in [4.78, 5) is 19.4. The fraction of sp³-hybridized carbons (Fsp3) is 0.409. The Kier molecular flexibility index (Phi) is 4.98. The molecule has 5 rings (SSSR count). The highest BCUT2D eigenvalue weighted by molar-refractivity contribution is 6.30. The number of nitrogens with zero attached hydrogens (tertiary/aromatic N) is 4. The lowest BCUT2D eigenvalue weighted by Crippen LogP contribution is -2.52. The van der Waals surface area contributed by atoms with Crippen molar-refractivity contribution in [1.82, 2.24) is 19.7 Å². The van der Waals surface area contributed by atoms with Crippen LogP contribution in [-0.4, -0.2) is 49.9 Å². The van der Waals surface area contributed by atoms with E-state index in [1.807, 2.05) is 11.0 Å². The highest BCUT2D eigenvalue weighted by Gasteiger charge is 2.51. The van der Waals surface area contributed by atoms with Gasteiger partial charge in [0.05, 0.1) is 30.5 Å². The summed E-state index contributed by atoms with van der Waals surface area (Å²) in [5.74, 6) is 1.22. The largest absolute Gasteiger partial charge is 0.481 e. The maximum absolute atomic E-state index is 13.3. The van der Waals surface area contributed by atoms with Gasteiger partial charge in [0.15, 0.2) is 5.76 Å². The average Bonchev–Trinajstić information content (AvgIpc) is 3.46. The number of pyridine rings is 1. The maximum atomic E-state index is 13.3. The molecule has 3 aromatic rings. The van der Waals surface area contributed by atoms with Crippen LogP contribution in [0.4, 0.5) is 0 Å². The molecular formula is C22H23ClN4O4. The molecule has 2 aliphatic rings. The molecule has 0 radical (unpaired) electrons. The van der Waals surface area contributed by atoms with Crippen LogP contribution in [0.1, 0.15) is 47.6 Å². The fourth-order valence-corrected chi connectivity index (χ4v) is 5.13. The first kappa shape index (κ1) is 20.1. The van der Waals surface area contributed by atoms with Crippen molar-refractivity contribution in [3.63, 3.8) is 0 Å². The van der Waals surface area contributed by atoms with E-state index < -0.39 is 5.60 Å². The molecule has 2 fully saturated rings. The number of halogens is 1. The van der Waals surface area contributed by atoms with Crippen LogP contribution in [0.2, 0.25) is 5.02 Å². The second-order valence-corrected chi connectivity index (χ2v) is 8.66. The molecule has 5 heterocycles. The molecule has 162 valence electrons. The summed E-state index contributed by atoms with van der Waals surface area (Å²) in [6, 6.07) is 6.99. The van der Waals surface area contributed by atoms with E-state index in [1.165, 1.54) is 0 Å². The number of furan rings is 1. The van der Waals surface area contributed by atoms with E-state index in [0.29, 0.717) is 47.4 Å². The summed E-state index contributed by atoms with van der Waals surface area (Å²) in [7, 11) is 1.55. The van der Waals surface area contributed by atoms with Crippen LogP contribution in [0.15, 0.2) is 47.3 Å². The second-order valence-electron chi connectivity index (χ2n) is 8.22. The van der Waals surface area contributed by atoms with Crippen molar-refractivity contribution in [3.8, 4) is 5.88 Å². The molecule has 2 saturated heterocycles. The number of hydrogen-bond acceptors (Lipinski definition) is 6. The van der Waals surface area contributed by atoms with Crippen LogP contribution in [-0.2, 0) is 12.1 Å². The number of hydrogen-bond donors (Lipinski definition) is 1. The van der Waals surface area contributed by atoms with E-state index >= 15 is 0 Å². The Bertz CT molecular complexity index is 1100. The van der Waals surface area contributed by atoms with Crippen LogP contribution in [0.25, 0.3) is 0 Å². The van der Waals surface area contributed by atoms with E-state index in [2.05, 4.69) is 10.1 Å². The summed E-state index contributed by atoms with van der Waals surface area (Å²) >= 11 is 5.90. The van der Waals surface area contributed by atoms with Crippen molar-refractivity contribution in [3.05, 3.63) is 65.0 Å². The Morgan fingerprint density at radius 2 is 2.10 bits per heavy atom. The first-order chi connectivity index (χ1) is 15.0. The Hall–Kier alpha value is -2.84. The Morgan fingerprint density at radius 3 is 2.77 bits per heavy atom. The first-order valence-corrected chi connectivity index (χ1v) is 10.7. The number of aliphatic hydroxyl groups is 1. The van der Waals surface area contributed by atoms with E-state index in [-0.39, 0.29) is 18.0 Å². The second kappa shape index (κ2) is 7.69. The van der Waals surface area contributed by atoms with E-state index in [9.17, 15) is 9.90 Å². The van der Waals surface area contributed by atoms with Crippen molar-refractivity contribution < 1.29 is 19.1 Å². The van der Waals surface area contributed by atoms with Gasteiger partial charge in [0.2, 0.25) is 5.88 Å². The van der Waals surface area contributed by atoms with Gasteiger partial charge in [-0.2, -0.15) is 5.10 Å². The molecule has 1 N–H and O–H groups in total. The smallest absolute Gasteiger partial charge is 0.290 e. The minimum absolute atomic E-state index is 0.0698. The van der Waals surface area contributed by atoms with E-state index in [1.54, 1.807) is 48.6 Å². The third-order valence-electron chi connectivity index (χ3n) is 6.26.